The lowest BCUT2D eigenvalue weighted by molar-refractivity contribution is -0.138. The summed E-state index contributed by atoms with van der Waals surface area (Å²) in [6.45, 7) is 2.10. The number of halogens is 2. The molecule has 3 rings (SSSR count). The molecule has 0 bridgehead atoms. The van der Waals surface area contributed by atoms with Crippen molar-refractivity contribution in [1.29, 1.82) is 0 Å². The van der Waals surface area contributed by atoms with Gasteiger partial charge in [0.15, 0.2) is 5.70 Å². The monoisotopic (exact) mass is 333 g/mol. The van der Waals surface area contributed by atoms with Gasteiger partial charge in [0, 0.05) is 12.0 Å². The van der Waals surface area contributed by atoms with Crippen molar-refractivity contribution in [3.8, 4) is 0 Å². The second-order valence-electron chi connectivity index (χ2n) is 4.91. The molecule has 0 N–H and O–H groups in total. The summed E-state index contributed by atoms with van der Waals surface area (Å²) in [4.78, 5) is 16.5. The van der Waals surface area contributed by atoms with E-state index in [1.807, 2.05) is 24.3 Å². The van der Waals surface area contributed by atoms with E-state index in [0.29, 0.717) is 28.8 Å². The first-order valence-electron chi connectivity index (χ1n) is 6.92. The molecule has 0 amide bonds. The van der Waals surface area contributed by atoms with E-state index >= 15 is 0 Å². The van der Waals surface area contributed by atoms with Gasteiger partial charge in [0.2, 0.25) is 0 Å². The Kier molecular flexibility index (Phi) is 4.19. The predicted molar refractivity (Wildman–Crippen MR) is 88.5 cm³/mol. The van der Waals surface area contributed by atoms with E-state index in [1.54, 1.807) is 19.1 Å². The summed E-state index contributed by atoms with van der Waals surface area (Å²) in [6.07, 6.45) is 6.31. The van der Waals surface area contributed by atoms with Gasteiger partial charge in [-0.2, -0.15) is 0 Å². The lowest BCUT2D eigenvalue weighted by atomic mass is 9.97. The van der Waals surface area contributed by atoms with Gasteiger partial charge in [0.05, 0.1) is 22.4 Å². The topological polar surface area (TPSA) is 38.7 Å². The summed E-state index contributed by atoms with van der Waals surface area (Å²) in [5.41, 5.74) is 3.97. The zero-order valence-electron chi connectivity index (χ0n) is 11.9. The van der Waals surface area contributed by atoms with Gasteiger partial charge in [-0.1, -0.05) is 41.4 Å². The van der Waals surface area contributed by atoms with Crippen LogP contribution in [0.25, 0.3) is 0 Å². The van der Waals surface area contributed by atoms with Crippen molar-refractivity contribution < 1.29 is 9.53 Å². The number of carbonyl (C=O) groups is 1. The number of hydrogen-bond acceptors (Lipinski definition) is 3. The van der Waals surface area contributed by atoms with Crippen LogP contribution < -0.4 is 0 Å². The first-order valence-corrected chi connectivity index (χ1v) is 7.67. The van der Waals surface area contributed by atoms with Crippen LogP contribution in [0, 0.1) is 0 Å². The van der Waals surface area contributed by atoms with Gasteiger partial charge in [-0.15, -0.1) is 0 Å². The molecule has 0 aromatic heterocycles. The van der Waals surface area contributed by atoms with Crippen LogP contribution in [0.5, 0.6) is 0 Å². The van der Waals surface area contributed by atoms with E-state index in [9.17, 15) is 4.79 Å². The molecule has 1 aliphatic heterocycles. The molecule has 0 saturated heterocycles. The van der Waals surface area contributed by atoms with Gasteiger partial charge < -0.3 is 4.74 Å². The minimum absolute atomic E-state index is 0.322. The molecular weight excluding hydrogens is 321 g/mol. The quantitative estimate of drug-likeness (QED) is 0.770. The number of hydrogen-bond donors (Lipinski definition) is 0. The van der Waals surface area contributed by atoms with E-state index < -0.39 is 5.97 Å². The average Bonchev–Trinajstić information content (AvgIpc) is 3.06. The number of fused-ring (bicyclic) bond motifs is 1. The second-order valence-corrected chi connectivity index (χ2v) is 5.72. The molecular formula is C17H13Cl2NO2. The van der Waals surface area contributed by atoms with E-state index in [-0.39, 0.29) is 0 Å². The van der Waals surface area contributed by atoms with Crippen LogP contribution in [0.1, 0.15) is 12.5 Å². The number of aliphatic imine (C=N–C) groups is 1. The van der Waals surface area contributed by atoms with Crippen LogP contribution in [-0.2, 0) is 16.0 Å². The predicted octanol–water partition coefficient (Wildman–Crippen LogP) is 4.30. The Labute approximate surface area is 138 Å². The number of allylic oxidation sites excluding steroid dienone is 5. The fourth-order valence-electron chi connectivity index (χ4n) is 2.48. The van der Waals surface area contributed by atoms with Crippen molar-refractivity contribution in [3.63, 3.8) is 0 Å². The number of esters is 1. The number of carbonyl (C=O) groups excluding carboxylic acids is 1. The molecule has 0 radical (unpaired) electrons. The molecule has 3 nitrogen and oxygen atoms in total. The Morgan fingerprint density at radius 3 is 2.82 bits per heavy atom. The first-order chi connectivity index (χ1) is 10.6. The van der Waals surface area contributed by atoms with Gasteiger partial charge in [-0.3, -0.25) is 0 Å². The van der Waals surface area contributed by atoms with Crippen molar-refractivity contribution in [2.45, 2.75) is 13.3 Å². The number of benzene rings is 1. The lowest BCUT2D eigenvalue weighted by Crippen LogP contribution is -2.08. The summed E-state index contributed by atoms with van der Waals surface area (Å²) in [7, 11) is 0. The molecule has 1 aromatic rings. The zero-order valence-corrected chi connectivity index (χ0v) is 13.4. The van der Waals surface area contributed by atoms with Crippen LogP contribution in [0.15, 0.2) is 58.3 Å². The van der Waals surface area contributed by atoms with E-state index in [1.165, 1.54) is 0 Å². The molecule has 1 aromatic carbocycles. The van der Waals surface area contributed by atoms with Gasteiger partial charge in [0.1, 0.15) is 0 Å². The first kappa shape index (κ1) is 15.1. The van der Waals surface area contributed by atoms with E-state index in [2.05, 4.69) is 4.99 Å². The summed E-state index contributed by atoms with van der Waals surface area (Å²) in [5, 5.41) is 1.00. The van der Waals surface area contributed by atoms with Crippen molar-refractivity contribution in [2.75, 3.05) is 6.61 Å². The largest absolute Gasteiger partial charge is 0.461 e. The third-order valence-electron chi connectivity index (χ3n) is 3.47. The lowest BCUT2D eigenvalue weighted by Gasteiger charge is -2.08. The highest BCUT2D eigenvalue weighted by molar-refractivity contribution is 6.42. The molecule has 5 heteroatoms. The maximum absolute atomic E-state index is 12.1. The Hall–Kier alpha value is -1.84. The Morgan fingerprint density at radius 2 is 2.09 bits per heavy atom. The number of nitrogens with zero attached hydrogens (tertiary/aromatic N) is 1. The molecule has 112 valence electrons. The Balaban J connectivity index is 1.96. The summed E-state index contributed by atoms with van der Waals surface area (Å²) < 4.78 is 5.10. The van der Waals surface area contributed by atoms with Gasteiger partial charge in [-0.05, 0) is 36.3 Å². The van der Waals surface area contributed by atoms with Crippen LogP contribution >= 0.6 is 23.2 Å². The van der Waals surface area contributed by atoms with Gasteiger partial charge >= 0.3 is 5.97 Å². The normalized spacial score (nSPS) is 15.8. The Bertz CT molecular complexity index is 773. The van der Waals surface area contributed by atoms with Crippen LogP contribution in [-0.4, -0.2) is 18.3 Å². The highest BCUT2D eigenvalue weighted by Crippen LogP contribution is 2.33. The molecule has 0 atom stereocenters. The summed E-state index contributed by atoms with van der Waals surface area (Å²) in [5.74, 6) is -0.395. The van der Waals surface area contributed by atoms with Crippen LogP contribution in [0.4, 0.5) is 0 Å². The third kappa shape index (κ3) is 2.74. The minimum atomic E-state index is -0.395. The summed E-state index contributed by atoms with van der Waals surface area (Å²) in [6, 6.07) is 5.45. The highest BCUT2D eigenvalue weighted by atomic mass is 35.5. The van der Waals surface area contributed by atoms with Crippen molar-refractivity contribution in [1.82, 2.24) is 0 Å². The molecule has 0 fully saturated rings. The SMILES string of the molecule is CCOC(=O)C1=C(Cc2ccc(Cl)c(Cl)c2)C2=CC=CC2=N1. The van der Waals surface area contributed by atoms with Crippen molar-refractivity contribution in [3.05, 3.63) is 68.9 Å². The van der Waals surface area contributed by atoms with Crippen LogP contribution in [0.2, 0.25) is 10.0 Å². The van der Waals surface area contributed by atoms with Gasteiger partial charge in [-0.25, -0.2) is 9.79 Å². The maximum atomic E-state index is 12.1. The molecule has 2 aliphatic rings. The molecule has 1 aliphatic carbocycles. The smallest absolute Gasteiger partial charge is 0.357 e. The number of ether oxygens (including phenoxy) is 1. The minimum Gasteiger partial charge on any atom is -0.461 e. The third-order valence-corrected chi connectivity index (χ3v) is 4.21. The van der Waals surface area contributed by atoms with E-state index in [4.69, 9.17) is 27.9 Å². The fourth-order valence-corrected chi connectivity index (χ4v) is 2.80. The average molecular weight is 334 g/mol. The maximum Gasteiger partial charge on any atom is 0.357 e. The zero-order chi connectivity index (χ0) is 15.7. The molecule has 0 unspecified atom stereocenters. The van der Waals surface area contributed by atoms with Gasteiger partial charge in [0.25, 0.3) is 0 Å². The Morgan fingerprint density at radius 1 is 1.27 bits per heavy atom. The van der Waals surface area contributed by atoms with E-state index in [0.717, 1.165) is 22.4 Å². The molecule has 1 heterocycles. The molecule has 22 heavy (non-hydrogen) atoms. The number of rotatable bonds is 4. The molecule has 0 saturated carbocycles. The van der Waals surface area contributed by atoms with Crippen molar-refractivity contribution in [2.24, 2.45) is 4.99 Å². The van der Waals surface area contributed by atoms with Crippen LogP contribution in [0.3, 0.4) is 0 Å². The summed E-state index contributed by atoms with van der Waals surface area (Å²) >= 11 is 12.0. The standard InChI is InChI=1S/C17H13Cl2NO2/c1-2-22-17(21)16-12(11-4-3-5-15(11)20-16)8-10-6-7-13(18)14(19)9-10/h3-7,9H,2,8H2,1H3. The fraction of sp³-hybridized carbons (Fsp3) is 0.176. The highest BCUT2D eigenvalue weighted by Gasteiger charge is 2.29. The molecule has 0 spiro atoms. The van der Waals surface area contributed by atoms with Crippen molar-refractivity contribution >= 4 is 34.9 Å². The second kappa shape index (κ2) is 6.11.